The summed E-state index contributed by atoms with van der Waals surface area (Å²) in [6.45, 7) is -0.266. The lowest BCUT2D eigenvalue weighted by atomic mass is 10.2. The second-order valence-electron chi connectivity index (χ2n) is 5.36. The molecule has 0 radical (unpaired) electrons. The topological polar surface area (TPSA) is 113 Å². The van der Waals surface area contributed by atoms with Crippen molar-refractivity contribution in [2.45, 2.75) is 0 Å². The predicted octanol–water partition coefficient (Wildman–Crippen LogP) is 2.66. The standard InChI is InChI=1S/C18H16N4O4/c1-26-17(25)11-5-4-6-12(9-11)20-18-21-14-8-3-2-7-13(14)16(22-18)19-10-15(23)24/h2-9H,10H2,1H3,(H,23,24)(H2,19,20,21,22). The maximum absolute atomic E-state index is 11.6. The van der Waals surface area contributed by atoms with Crippen molar-refractivity contribution < 1.29 is 19.4 Å². The van der Waals surface area contributed by atoms with Crippen LogP contribution in [0.3, 0.4) is 0 Å². The van der Waals surface area contributed by atoms with Crippen molar-refractivity contribution in [2.24, 2.45) is 0 Å². The molecule has 0 aliphatic rings. The molecule has 0 aliphatic heterocycles. The normalized spacial score (nSPS) is 10.3. The quantitative estimate of drug-likeness (QED) is 0.580. The number of benzene rings is 2. The van der Waals surface area contributed by atoms with Crippen LogP contribution in [0.5, 0.6) is 0 Å². The van der Waals surface area contributed by atoms with Crippen LogP contribution in [-0.2, 0) is 9.53 Å². The molecule has 0 atom stereocenters. The molecule has 0 unspecified atom stereocenters. The van der Waals surface area contributed by atoms with Crippen molar-refractivity contribution in [3.63, 3.8) is 0 Å². The number of carbonyl (C=O) groups excluding carboxylic acids is 1. The second-order valence-corrected chi connectivity index (χ2v) is 5.36. The third kappa shape index (κ3) is 3.86. The number of carboxylic acids is 1. The summed E-state index contributed by atoms with van der Waals surface area (Å²) in [6, 6.07) is 14.0. The van der Waals surface area contributed by atoms with E-state index < -0.39 is 11.9 Å². The van der Waals surface area contributed by atoms with Crippen LogP contribution >= 0.6 is 0 Å². The summed E-state index contributed by atoms with van der Waals surface area (Å²) >= 11 is 0. The maximum atomic E-state index is 11.6. The van der Waals surface area contributed by atoms with Crippen molar-refractivity contribution in [2.75, 3.05) is 24.3 Å². The number of hydrogen-bond donors (Lipinski definition) is 3. The SMILES string of the molecule is COC(=O)c1cccc(Nc2nc(NCC(=O)O)c3ccccc3n2)c1. The van der Waals surface area contributed by atoms with E-state index in [0.29, 0.717) is 28.0 Å². The molecular weight excluding hydrogens is 336 g/mol. The third-order valence-electron chi connectivity index (χ3n) is 3.55. The minimum Gasteiger partial charge on any atom is -0.480 e. The smallest absolute Gasteiger partial charge is 0.337 e. The van der Waals surface area contributed by atoms with Gasteiger partial charge in [0.25, 0.3) is 0 Å². The average Bonchev–Trinajstić information content (AvgIpc) is 2.65. The molecule has 8 nitrogen and oxygen atoms in total. The Bertz CT molecular complexity index is 974. The number of carbonyl (C=O) groups is 2. The predicted molar refractivity (Wildman–Crippen MR) is 96.7 cm³/mol. The minimum absolute atomic E-state index is 0.266. The van der Waals surface area contributed by atoms with Crippen LogP contribution in [0.4, 0.5) is 17.5 Å². The van der Waals surface area contributed by atoms with Gasteiger partial charge in [0, 0.05) is 11.1 Å². The van der Waals surface area contributed by atoms with E-state index in [-0.39, 0.29) is 12.5 Å². The van der Waals surface area contributed by atoms with Gasteiger partial charge in [-0.3, -0.25) is 4.79 Å². The number of aliphatic carboxylic acids is 1. The maximum Gasteiger partial charge on any atom is 0.337 e. The molecule has 2 aromatic carbocycles. The average molecular weight is 352 g/mol. The number of carboxylic acid groups (broad SMARTS) is 1. The summed E-state index contributed by atoms with van der Waals surface area (Å²) in [5.74, 6) is -0.756. The highest BCUT2D eigenvalue weighted by atomic mass is 16.5. The number of aromatic nitrogens is 2. The van der Waals surface area contributed by atoms with Crippen molar-refractivity contribution in [3.8, 4) is 0 Å². The molecular formula is C18H16N4O4. The van der Waals surface area contributed by atoms with Crippen molar-refractivity contribution in [3.05, 3.63) is 54.1 Å². The van der Waals surface area contributed by atoms with Gasteiger partial charge in [0.05, 0.1) is 18.2 Å². The van der Waals surface area contributed by atoms with Gasteiger partial charge < -0.3 is 20.5 Å². The van der Waals surface area contributed by atoms with Crippen molar-refractivity contribution >= 4 is 40.3 Å². The van der Waals surface area contributed by atoms with Crippen LogP contribution in [-0.4, -0.2) is 40.7 Å². The molecule has 0 fully saturated rings. The number of ether oxygens (including phenoxy) is 1. The Morgan fingerprint density at radius 1 is 1.12 bits per heavy atom. The lowest BCUT2D eigenvalue weighted by Gasteiger charge is -2.11. The Morgan fingerprint density at radius 3 is 2.69 bits per heavy atom. The Balaban J connectivity index is 1.95. The first-order valence-corrected chi connectivity index (χ1v) is 7.74. The van der Waals surface area contributed by atoms with Crippen LogP contribution < -0.4 is 10.6 Å². The highest BCUT2D eigenvalue weighted by molar-refractivity contribution is 5.92. The van der Waals surface area contributed by atoms with Crippen LogP contribution in [0.1, 0.15) is 10.4 Å². The van der Waals surface area contributed by atoms with E-state index in [1.54, 1.807) is 36.4 Å². The zero-order chi connectivity index (χ0) is 18.5. The van der Waals surface area contributed by atoms with Crippen LogP contribution in [0.25, 0.3) is 10.9 Å². The van der Waals surface area contributed by atoms with Gasteiger partial charge in [-0.1, -0.05) is 18.2 Å². The molecule has 8 heteroatoms. The van der Waals surface area contributed by atoms with Gasteiger partial charge in [0.15, 0.2) is 0 Å². The van der Waals surface area contributed by atoms with E-state index in [1.165, 1.54) is 7.11 Å². The number of methoxy groups -OCH3 is 1. The van der Waals surface area contributed by atoms with Crippen LogP contribution in [0, 0.1) is 0 Å². The molecule has 0 spiro atoms. The number of hydrogen-bond acceptors (Lipinski definition) is 7. The first kappa shape index (κ1) is 17.2. The number of fused-ring (bicyclic) bond motifs is 1. The Labute approximate surface area is 148 Å². The summed E-state index contributed by atoms with van der Waals surface area (Å²) in [5, 5.41) is 15.4. The number of anilines is 3. The zero-order valence-corrected chi connectivity index (χ0v) is 13.9. The van der Waals surface area contributed by atoms with Gasteiger partial charge in [-0.15, -0.1) is 0 Å². The van der Waals surface area contributed by atoms with Gasteiger partial charge in [0.1, 0.15) is 12.4 Å². The number of para-hydroxylation sites is 1. The lowest BCUT2D eigenvalue weighted by molar-refractivity contribution is -0.134. The Morgan fingerprint density at radius 2 is 1.92 bits per heavy atom. The van der Waals surface area contributed by atoms with E-state index in [9.17, 15) is 9.59 Å². The monoisotopic (exact) mass is 352 g/mol. The summed E-state index contributed by atoms with van der Waals surface area (Å²) in [6.07, 6.45) is 0. The lowest BCUT2D eigenvalue weighted by Crippen LogP contribution is -2.14. The molecule has 0 aliphatic carbocycles. The molecule has 0 bridgehead atoms. The number of nitrogens with one attached hydrogen (secondary N) is 2. The first-order valence-electron chi connectivity index (χ1n) is 7.74. The van der Waals surface area contributed by atoms with E-state index in [0.717, 1.165) is 0 Å². The summed E-state index contributed by atoms with van der Waals surface area (Å²) < 4.78 is 4.71. The Hall–Kier alpha value is -3.68. The molecule has 0 amide bonds. The van der Waals surface area contributed by atoms with Gasteiger partial charge in [-0.25, -0.2) is 9.78 Å². The van der Waals surface area contributed by atoms with E-state index >= 15 is 0 Å². The molecule has 3 N–H and O–H groups in total. The van der Waals surface area contributed by atoms with Crippen LogP contribution in [0.2, 0.25) is 0 Å². The summed E-state index contributed by atoms with van der Waals surface area (Å²) in [5.41, 5.74) is 1.65. The van der Waals surface area contributed by atoms with Crippen molar-refractivity contribution in [1.29, 1.82) is 0 Å². The number of nitrogens with zero attached hydrogens (tertiary/aromatic N) is 2. The van der Waals surface area contributed by atoms with Gasteiger partial charge in [-0.2, -0.15) is 4.98 Å². The molecule has 1 heterocycles. The van der Waals surface area contributed by atoms with E-state index in [2.05, 4.69) is 20.6 Å². The summed E-state index contributed by atoms with van der Waals surface area (Å²) in [4.78, 5) is 31.3. The van der Waals surface area contributed by atoms with E-state index in [4.69, 9.17) is 9.84 Å². The first-order chi connectivity index (χ1) is 12.6. The highest BCUT2D eigenvalue weighted by Crippen LogP contribution is 2.23. The molecule has 0 saturated heterocycles. The third-order valence-corrected chi connectivity index (χ3v) is 3.55. The molecule has 3 aromatic rings. The molecule has 0 saturated carbocycles. The number of rotatable bonds is 6. The molecule has 132 valence electrons. The molecule has 3 rings (SSSR count). The highest BCUT2D eigenvalue weighted by Gasteiger charge is 2.10. The fourth-order valence-electron chi connectivity index (χ4n) is 2.40. The van der Waals surface area contributed by atoms with Crippen LogP contribution in [0.15, 0.2) is 48.5 Å². The Kier molecular flexibility index (Phi) is 4.93. The van der Waals surface area contributed by atoms with Gasteiger partial charge >= 0.3 is 11.9 Å². The van der Waals surface area contributed by atoms with Gasteiger partial charge in [-0.05, 0) is 30.3 Å². The number of esters is 1. The summed E-state index contributed by atoms with van der Waals surface area (Å²) in [7, 11) is 1.31. The second kappa shape index (κ2) is 7.47. The molecule has 1 aromatic heterocycles. The fraction of sp³-hybridized carbons (Fsp3) is 0.111. The minimum atomic E-state index is -0.993. The van der Waals surface area contributed by atoms with E-state index in [1.807, 2.05) is 12.1 Å². The molecule has 26 heavy (non-hydrogen) atoms. The van der Waals surface area contributed by atoms with Crippen molar-refractivity contribution in [1.82, 2.24) is 9.97 Å². The largest absolute Gasteiger partial charge is 0.480 e. The zero-order valence-electron chi connectivity index (χ0n) is 13.9. The van der Waals surface area contributed by atoms with Gasteiger partial charge in [0.2, 0.25) is 5.95 Å². The fourth-order valence-corrected chi connectivity index (χ4v) is 2.40.